The summed E-state index contributed by atoms with van der Waals surface area (Å²) in [7, 11) is 1.75. The first-order valence-corrected chi connectivity index (χ1v) is 11.3. The third kappa shape index (κ3) is 4.70. The molecule has 0 spiro atoms. The van der Waals surface area contributed by atoms with Gasteiger partial charge in [0.15, 0.2) is 5.65 Å². The van der Waals surface area contributed by atoms with Crippen LogP contribution in [-0.2, 0) is 0 Å². The second-order valence-electron chi connectivity index (χ2n) is 9.19. The fourth-order valence-corrected chi connectivity index (χ4v) is 4.37. The van der Waals surface area contributed by atoms with Crippen LogP contribution in [0.5, 0.6) is 0 Å². The standard InChI is InChI=1S/C23H31N7O3/c1-14(2)29-10-6-8-17(22(29)32)27-18-11-19(24-4)30-20(28-18)16(13-25-30)21(31)26-15-7-5-9-23(3,33)12-15/h6,8,10-11,13-15,24,33H,5,7,9,12H2,1-4H3,(H,26,31)(H,27,28)/t15-,23-/m0/s1. The Labute approximate surface area is 192 Å². The SMILES string of the molecule is CNc1cc(Nc2cccn(C(C)C)c2=O)nc2c(C(=O)N[C@H]3CCC[C@](C)(O)C3)cnn12. The average molecular weight is 454 g/mol. The molecule has 0 radical (unpaired) electrons. The Morgan fingerprint density at radius 3 is 2.85 bits per heavy atom. The first kappa shape index (κ1) is 22.8. The van der Waals surface area contributed by atoms with Crippen molar-refractivity contribution in [3.63, 3.8) is 0 Å². The van der Waals surface area contributed by atoms with Gasteiger partial charge in [0.05, 0.1) is 11.8 Å². The summed E-state index contributed by atoms with van der Waals surface area (Å²) >= 11 is 0. The predicted octanol–water partition coefficient (Wildman–Crippen LogP) is 2.68. The molecule has 3 aromatic rings. The summed E-state index contributed by atoms with van der Waals surface area (Å²) in [6.45, 7) is 5.69. The number of carbonyl (C=O) groups excluding carboxylic acids is 1. The lowest BCUT2D eigenvalue weighted by Crippen LogP contribution is -2.44. The lowest BCUT2D eigenvalue weighted by atomic mass is 9.83. The van der Waals surface area contributed by atoms with Crippen LogP contribution in [-0.4, -0.2) is 48.9 Å². The highest BCUT2D eigenvalue weighted by Crippen LogP contribution is 2.28. The van der Waals surface area contributed by atoms with Crippen molar-refractivity contribution in [3.05, 3.63) is 46.5 Å². The largest absolute Gasteiger partial charge is 0.390 e. The zero-order chi connectivity index (χ0) is 23.8. The van der Waals surface area contributed by atoms with Gasteiger partial charge in [-0.1, -0.05) is 0 Å². The smallest absolute Gasteiger partial charge is 0.274 e. The molecule has 1 saturated carbocycles. The molecule has 1 aliphatic rings. The summed E-state index contributed by atoms with van der Waals surface area (Å²) in [5, 5.41) is 23.8. The average Bonchev–Trinajstić information content (AvgIpc) is 3.18. The number of nitrogens with zero attached hydrogens (tertiary/aromatic N) is 4. The molecule has 0 unspecified atom stereocenters. The van der Waals surface area contributed by atoms with E-state index in [0.29, 0.717) is 35.0 Å². The van der Waals surface area contributed by atoms with Crippen LogP contribution in [0.1, 0.15) is 62.9 Å². The minimum atomic E-state index is -0.773. The van der Waals surface area contributed by atoms with Crippen LogP contribution in [0.15, 0.2) is 35.4 Å². The van der Waals surface area contributed by atoms with Crippen LogP contribution >= 0.6 is 0 Å². The highest BCUT2D eigenvalue weighted by Gasteiger charge is 2.31. The summed E-state index contributed by atoms with van der Waals surface area (Å²) in [4.78, 5) is 30.4. The van der Waals surface area contributed by atoms with Gasteiger partial charge >= 0.3 is 0 Å². The van der Waals surface area contributed by atoms with Gasteiger partial charge in [-0.05, 0) is 58.6 Å². The summed E-state index contributed by atoms with van der Waals surface area (Å²) in [6.07, 6.45) is 6.15. The maximum absolute atomic E-state index is 13.1. The first-order chi connectivity index (χ1) is 15.7. The quantitative estimate of drug-likeness (QED) is 0.452. The minimum Gasteiger partial charge on any atom is -0.390 e. The molecule has 3 heterocycles. The number of anilines is 3. The Balaban J connectivity index is 1.66. The van der Waals surface area contributed by atoms with Gasteiger partial charge in [-0.2, -0.15) is 9.61 Å². The summed E-state index contributed by atoms with van der Waals surface area (Å²) in [5.74, 6) is 0.740. The van der Waals surface area contributed by atoms with Crippen LogP contribution in [0.4, 0.5) is 17.3 Å². The van der Waals surface area contributed by atoms with Crippen LogP contribution < -0.4 is 21.5 Å². The fraction of sp³-hybridized carbons (Fsp3) is 0.478. The molecule has 33 heavy (non-hydrogen) atoms. The van der Waals surface area contributed by atoms with Crippen LogP contribution in [0.2, 0.25) is 0 Å². The third-order valence-corrected chi connectivity index (χ3v) is 6.06. The van der Waals surface area contributed by atoms with Crippen molar-refractivity contribution in [2.24, 2.45) is 0 Å². The van der Waals surface area contributed by atoms with Gasteiger partial charge in [-0.25, -0.2) is 4.98 Å². The second kappa shape index (κ2) is 8.86. The lowest BCUT2D eigenvalue weighted by molar-refractivity contribution is 0.0106. The summed E-state index contributed by atoms with van der Waals surface area (Å²) in [5.41, 5.74) is 0.151. The number of amides is 1. The summed E-state index contributed by atoms with van der Waals surface area (Å²) < 4.78 is 3.19. The number of aliphatic hydroxyl groups is 1. The highest BCUT2D eigenvalue weighted by molar-refractivity contribution is 6.00. The molecule has 176 valence electrons. The van der Waals surface area contributed by atoms with Crippen LogP contribution in [0, 0.1) is 0 Å². The van der Waals surface area contributed by atoms with Crippen molar-refractivity contribution in [3.8, 4) is 0 Å². The molecular weight excluding hydrogens is 422 g/mol. The van der Waals surface area contributed by atoms with Crippen molar-refractivity contribution in [1.82, 2.24) is 24.5 Å². The van der Waals surface area contributed by atoms with E-state index in [2.05, 4.69) is 26.0 Å². The predicted molar refractivity (Wildman–Crippen MR) is 127 cm³/mol. The molecule has 1 fully saturated rings. The van der Waals surface area contributed by atoms with Gasteiger partial charge in [-0.3, -0.25) is 9.59 Å². The van der Waals surface area contributed by atoms with E-state index in [0.717, 1.165) is 19.3 Å². The van der Waals surface area contributed by atoms with Gasteiger partial charge in [-0.15, -0.1) is 0 Å². The Morgan fingerprint density at radius 1 is 1.36 bits per heavy atom. The van der Waals surface area contributed by atoms with Crippen molar-refractivity contribution in [2.75, 3.05) is 17.7 Å². The Hall–Kier alpha value is -3.40. The molecule has 4 rings (SSSR count). The number of pyridine rings is 1. The van der Waals surface area contributed by atoms with Gasteiger partial charge in [0, 0.05) is 31.4 Å². The number of hydrogen-bond donors (Lipinski definition) is 4. The second-order valence-corrected chi connectivity index (χ2v) is 9.19. The molecule has 1 aliphatic carbocycles. The van der Waals surface area contributed by atoms with E-state index in [1.807, 2.05) is 13.8 Å². The van der Waals surface area contributed by atoms with Gasteiger partial charge in [0.1, 0.15) is 22.9 Å². The van der Waals surface area contributed by atoms with E-state index in [9.17, 15) is 14.7 Å². The molecule has 0 aromatic carbocycles. The number of nitrogens with one attached hydrogen (secondary N) is 3. The number of carbonyl (C=O) groups is 1. The maximum atomic E-state index is 13.1. The fourth-order valence-electron chi connectivity index (χ4n) is 4.37. The Kier molecular flexibility index (Phi) is 6.11. The molecule has 0 bridgehead atoms. The number of aromatic nitrogens is 4. The van der Waals surface area contributed by atoms with Crippen molar-refractivity contribution in [2.45, 2.75) is 64.1 Å². The lowest BCUT2D eigenvalue weighted by Gasteiger charge is -2.34. The third-order valence-electron chi connectivity index (χ3n) is 6.06. The molecule has 10 nitrogen and oxygen atoms in total. The molecule has 4 N–H and O–H groups in total. The molecule has 3 aromatic heterocycles. The molecule has 2 atom stereocenters. The summed E-state index contributed by atoms with van der Waals surface area (Å²) in [6, 6.07) is 5.14. The van der Waals surface area contributed by atoms with E-state index >= 15 is 0 Å². The topological polar surface area (TPSA) is 126 Å². The van der Waals surface area contributed by atoms with Crippen molar-refractivity contribution < 1.29 is 9.90 Å². The number of hydrogen-bond acceptors (Lipinski definition) is 7. The zero-order valence-corrected chi connectivity index (χ0v) is 19.4. The van der Waals surface area contributed by atoms with Crippen molar-refractivity contribution in [1.29, 1.82) is 0 Å². The van der Waals surface area contributed by atoms with Gasteiger partial charge in [0.2, 0.25) is 0 Å². The van der Waals surface area contributed by atoms with E-state index in [-0.39, 0.29) is 23.6 Å². The first-order valence-electron chi connectivity index (χ1n) is 11.3. The van der Waals surface area contributed by atoms with E-state index in [1.54, 1.807) is 47.4 Å². The van der Waals surface area contributed by atoms with E-state index in [1.165, 1.54) is 6.20 Å². The molecule has 0 aliphatic heterocycles. The number of rotatable bonds is 6. The highest BCUT2D eigenvalue weighted by atomic mass is 16.3. The molecule has 0 saturated heterocycles. The molecular formula is C23H31N7O3. The number of fused-ring (bicyclic) bond motifs is 1. The minimum absolute atomic E-state index is 0.0215. The van der Waals surface area contributed by atoms with Crippen LogP contribution in [0.25, 0.3) is 5.65 Å². The van der Waals surface area contributed by atoms with E-state index in [4.69, 9.17) is 0 Å². The normalized spacial score (nSPS) is 20.7. The molecule has 1 amide bonds. The molecule has 10 heteroatoms. The van der Waals surface area contributed by atoms with Gasteiger partial charge < -0.3 is 25.6 Å². The van der Waals surface area contributed by atoms with E-state index < -0.39 is 5.60 Å². The van der Waals surface area contributed by atoms with Crippen molar-refractivity contribution >= 4 is 28.9 Å². The monoisotopic (exact) mass is 453 g/mol. The Bertz CT molecular complexity index is 1230. The Morgan fingerprint density at radius 2 is 2.15 bits per heavy atom. The van der Waals surface area contributed by atoms with Gasteiger partial charge in [0.25, 0.3) is 11.5 Å². The zero-order valence-electron chi connectivity index (χ0n) is 19.4. The maximum Gasteiger partial charge on any atom is 0.274 e. The van der Waals surface area contributed by atoms with Crippen LogP contribution in [0.3, 0.4) is 0 Å².